The highest BCUT2D eigenvalue weighted by molar-refractivity contribution is 6.35. The fourth-order valence-electron chi connectivity index (χ4n) is 4.17. The van der Waals surface area contributed by atoms with Crippen LogP contribution in [0.25, 0.3) is 0 Å². The molecule has 0 unspecified atom stereocenters. The summed E-state index contributed by atoms with van der Waals surface area (Å²) in [5.74, 6) is 0.186. The van der Waals surface area contributed by atoms with Gasteiger partial charge in [0.2, 0.25) is 5.79 Å². The summed E-state index contributed by atoms with van der Waals surface area (Å²) in [5.41, 5.74) is 2.73. The summed E-state index contributed by atoms with van der Waals surface area (Å²) in [6.07, 6.45) is 2.24. The highest BCUT2D eigenvalue weighted by atomic mass is 35.5. The van der Waals surface area contributed by atoms with E-state index in [9.17, 15) is 4.79 Å². The van der Waals surface area contributed by atoms with E-state index >= 15 is 0 Å². The number of nitrogens with zero attached hydrogens (tertiary/aromatic N) is 1. The SMILES string of the molecule is CC1(C)OCc2cc([C@@H]3CN(CCCCCOCCOCc4c(Cl)cccc4Cl)C(=O)O3)ccc2O1. The number of carbonyl (C=O) groups excluding carboxylic acids is 1. The summed E-state index contributed by atoms with van der Waals surface area (Å²) in [6, 6.07) is 11.3. The predicted octanol–water partition coefficient (Wildman–Crippen LogP) is 6.54. The summed E-state index contributed by atoms with van der Waals surface area (Å²) in [5, 5.41) is 1.21. The van der Waals surface area contributed by atoms with Crippen LogP contribution in [-0.2, 0) is 32.2 Å². The maximum atomic E-state index is 12.3. The van der Waals surface area contributed by atoms with Crippen LogP contribution in [0.2, 0.25) is 10.0 Å². The molecule has 0 bridgehead atoms. The van der Waals surface area contributed by atoms with Crippen molar-refractivity contribution in [2.45, 2.75) is 58.2 Å². The van der Waals surface area contributed by atoms with Gasteiger partial charge in [-0.15, -0.1) is 0 Å². The molecule has 2 aromatic rings. The first kappa shape index (κ1) is 27.0. The van der Waals surface area contributed by atoms with Crippen molar-refractivity contribution in [3.63, 3.8) is 0 Å². The van der Waals surface area contributed by atoms with Crippen LogP contribution in [0.5, 0.6) is 5.75 Å². The minimum absolute atomic E-state index is 0.265. The van der Waals surface area contributed by atoms with Gasteiger partial charge < -0.3 is 28.6 Å². The zero-order valence-corrected chi connectivity index (χ0v) is 22.3. The van der Waals surface area contributed by atoms with Gasteiger partial charge in [-0.2, -0.15) is 0 Å². The van der Waals surface area contributed by atoms with Crippen molar-refractivity contribution in [3.05, 3.63) is 63.1 Å². The fraction of sp³-hybridized carbons (Fsp3) is 0.519. The van der Waals surface area contributed by atoms with Gasteiger partial charge in [-0.05, 0) is 49.1 Å². The second-order valence-corrected chi connectivity index (χ2v) is 10.2. The van der Waals surface area contributed by atoms with Crippen LogP contribution in [0, 0.1) is 0 Å². The Morgan fingerprint density at radius 2 is 1.81 bits per heavy atom. The lowest BCUT2D eigenvalue weighted by molar-refractivity contribution is -0.180. The van der Waals surface area contributed by atoms with Gasteiger partial charge >= 0.3 is 6.09 Å². The third-order valence-corrected chi connectivity index (χ3v) is 6.88. The van der Waals surface area contributed by atoms with Gasteiger partial charge in [0.25, 0.3) is 0 Å². The molecule has 1 saturated heterocycles. The van der Waals surface area contributed by atoms with Crippen molar-refractivity contribution in [1.29, 1.82) is 0 Å². The van der Waals surface area contributed by atoms with Crippen LogP contribution in [0.1, 0.15) is 55.9 Å². The Labute approximate surface area is 222 Å². The number of ether oxygens (including phenoxy) is 5. The lowest BCUT2D eigenvalue weighted by Crippen LogP contribution is -2.35. The zero-order chi connectivity index (χ0) is 25.5. The number of amides is 1. The fourth-order valence-corrected chi connectivity index (χ4v) is 4.68. The van der Waals surface area contributed by atoms with Gasteiger partial charge in [0.05, 0.1) is 33.0 Å². The highest BCUT2D eigenvalue weighted by Crippen LogP contribution is 2.35. The molecular weight excluding hydrogens is 505 g/mol. The molecule has 4 rings (SSSR count). The molecule has 36 heavy (non-hydrogen) atoms. The van der Waals surface area contributed by atoms with Crippen molar-refractivity contribution in [3.8, 4) is 5.75 Å². The number of unbranched alkanes of at least 4 members (excludes halogenated alkanes) is 2. The topological polar surface area (TPSA) is 66.5 Å². The van der Waals surface area contributed by atoms with Crippen LogP contribution in [0.4, 0.5) is 4.79 Å². The molecular formula is C27H33Cl2NO6. The van der Waals surface area contributed by atoms with Crippen LogP contribution < -0.4 is 4.74 Å². The minimum atomic E-state index is -0.629. The van der Waals surface area contributed by atoms with E-state index in [1.807, 2.05) is 38.1 Å². The van der Waals surface area contributed by atoms with E-state index in [0.29, 0.717) is 56.2 Å². The molecule has 2 heterocycles. The normalized spacial score (nSPS) is 18.6. The summed E-state index contributed by atoms with van der Waals surface area (Å²) >= 11 is 12.3. The molecule has 2 aliphatic rings. The van der Waals surface area contributed by atoms with Crippen molar-refractivity contribution in [2.24, 2.45) is 0 Å². The van der Waals surface area contributed by atoms with E-state index in [1.54, 1.807) is 17.0 Å². The summed E-state index contributed by atoms with van der Waals surface area (Å²) < 4.78 is 28.4. The molecule has 7 nitrogen and oxygen atoms in total. The van der Waals surface area contributed by atoms with Gasteiger partial charge in [-0.1, -0.05) is 35.3 Å². The average Bonchev–Trinajstić information content (AvgIpc) is 3.21. The highest BCUT2D eigenvalue weighted by Gasteiger charge is 2.33. The maximum absolute atomic E-state index is 12.3. The van der Waals surface area contributed by atoms with Crippen molar-refractivity contribution >= 4 is 29.3 Å². The van der Waals surface area contributed by atoms with E-state index in [4.69, 9.17) is 46.9 Å². The molecule has 2 aliphatic heterocycles. The molecule has 9 heteroatoms. The first-order valence-electron chi connectivity index (χ1n) is 12.3. The summed E-state index contributed by atoms with van der Waals surface area (Å²) in [6.45, 7) is 7.47. The second kappa shape index (κ2) is 12.5. The first-order valence-corrected chi connectivity index (χ1v) is 13.1. The zero-order valence-electron chi connectivity index (χ0n) is 20.8. The number of cyclic esters (lactones) is 1. The van der Waals surface area contributed by atoms with Crippen molar-refractivity contribution < 1.29 is 28.5 Å². The van der Waals surface area contributed by atoms with Gasteiger partial charge in [0.15, 0.2) is 0 Å². The molecule has 0 radical (unpaired) electrons. The molecule has 0 aromatic heterocycles. The number of halogens is 2. The standard InChI is InChI=1S/C27H33Cl2NO6/c1-27(2)34-17-20-15-19(9-10-24(20)36-27)25-16-30(26(31)35-25)11-4-3-5-12-32-13-14-33-18-21-22(28)7-6-8-23(21)29/h6-10,15,25H,3-5,11-14,16-18H2,1-2H3/t25-/m0/s1. The van der Waals surface area contributed by atoms with E-state index in [1.165, 1.54) is 0 Å². The number of hydrogen-bond acceptors (Lipinski definition) is 6. The second-order valence-electron chi connectivity index (χ2n) is 9.40. The van der Waals surface area contributed by atoms with E-state index in [0.717, 1.165) is 41.7 Å². The lowest BCUT2D eigenvalue weighted by atomic mass is 10.0. The van der Waals surface area contributed by atoms with Gasteiger partial charge in [0.1, 0.15) is 11.9 Å². The van der Waals surface area contributed by atoms with Crippen molar-refractivity contribution in [1.82, 2.24) is 4.90 Å². The van der Waals surface area contributed by atoms with Crippen molar-refractivity contribution in [2.75, 3.05) is 32.9 Å². The summed E-state index contributed by atoms with van der Waals surface area (Å²) in [7, 11) is 0. The molecule has 0 aliphatic carbocycles. The molecule has 2 aromatic carbocycles. The molecule has 1 amide bonds. The predicted molar refractivity (Wildman–Crippen MR) is 138 cm³/mol. The molecule has 1 atom stereocenters. The average molecular weight is 538 g/mol. The van der Waals surface area contributed by atoms with Crippen LogP contribution >= 0.6 is 23.2 Å². The number of carbonyl (C=O) groups is 1. The quantitative estimate of drug-likeness (QED) is 0.286. The number of benzene rings is 2. The number of rotatable bonds is 12. The monoisotopic (exact) mass is 537 g/mol. The van der Waals surface area contributed by atoms with Crippen LogP contribution in [-0.4, -0.2) is 49.7 Å². The van der Waals surface area contributed by atoms with Gasteiger partial charge in [0, 0.05) is 48.2 Å². The summed E-state index contributed by atoms with van der Waals surface area (Å²) in [4.78, 5) is 14.1. The lowest BCUT2D eigenvalue weighted by Gasteiger charge is -2.32. The van der Waals surface area contributed by atoms with E-state index in [2.05, 4.69) is 0 Å². The van der Waals surface area contributed by atoms with Gasteiger partial charge in [-0.3, -0.25) is 0 Å². The van der Waals surface area contributed by atoms with Crippen LogP contribution in [0.15, 0.2) is 36.4 Å². The van der Waals surface area contributed by atoms with E-state index < -0.39 is 5.79 Å². The Kier molecular flexibility index (Phi) is 9.36. The maximum Gasteiger partial charge on any atom is 0.410 e. The minimum Gasteiger partial charge on any atom is -0.463 e. The molecule has 0 saturated carbocycles. The number of hydrogen-bond donors (Lipinski definition) is 0. The Morgan fingerprint density at radius 1 is 1.03 bits per heavy atom. The molecule has 196 valence electrons. The first-order chi connectivity index (χ1) is 17.3. The third-order valence-electron chi connectivity index (χ3n) is 6.17. The Morgan fingerprint density at radius 3 is 2.61 bits per heavy atom. The molecule has 0 N–H and O–H groups in total. The van der Waals surface area contributed by atoms with E-state index in [-0.39, 0.29) is 12.2 Å². The molecule has 0 spiro atoms. The smallest absolute Gasteiger partial charge is 0.410 e. The molecule has 1 fully saturated rings. The third kappa shape index (κ3) is 7.26. The Bertz CT molecular complexity index is 1030. The van der Waals surface area contributed by atoms with Crippen LogP contribution in [0.3, 0.4) is 0 Å². The largest absolute Gasteiger partial charge is 0.463 e. The Balaban J connectivity index is 1.08. The number of fused-ring (bicyclic) bond motifs is 1. The Hall–Kier alpha value is -2.03. The van der Waals surface area contributed by atoms with Gasteiger partial charge in [-0.25, -0.2) is 4.79 Å².